The fourth-order valence-corrected chi connectivity index (χ4v) is 3.39. The lowest BCUT2D eigenvalue weighted by Crippen LogP contribution is -2.27. The summed E-state index contributed by atoms with van der Waals surface area (Å²) in [6.45, 7) is 3.11. The topological polar surface area (TPSA) is 56.1 Å². The van der Waals surface area contributed by atoms with Gasteiger partial charge in [0.05, 0.1) is 12.1 Å². The van der Waals surface area contributed by atoms with Crippen LogP contribution >= 0.6 is 0 Å². The highest BCUT2D eigenvalue weighted by Gasteiger charge is 2.14. The van der Waals surface area contributed by atoms with Gasteiger partial charge in [-0.15, -0.1) is 0 Å². The molecule has 0 unspecified atom stereocenters. The Morgan fingerprint density at radius 2 is 1.69 bits per heavy atom. The Labute approximate surface area is 169 Å². The summed E-state index contributed by atoms with van der Waals surface area (Å²) in [6, 6.07) is 25.8. The smallest absolute Gasteiger partial charge is 0.242 e. The molecule has 0 aliphatic rings. The Morgan fingerprint density at radius 1 is 0.966 bits per heavy atom. The predicted octanol–water partition coefficient (Wildman–Crippen LogP) is 4.42. The summed E-state index contributed by atoms with van der Waals surface area (Å²) in [7, 11) is 0. The van der Waals surface area contributed by atoms with Gasteiger partial charge in [0.25, 0.3) is 0 Å². The highest BCUT2D eigenvalue weighted by Crippen LogP contribution is 2.27. The van der Waals surface area contributed by atoms with Crippen LogP contribution in [0, 0.1) is 0 Å². The molecule has 1 heterocycles. The maximum atomic E-state index is 12.6. The Morgan fingerprint density at radius 3 is 2.52 bits per heavy atom. The number of fused-ring (bicyclic) bond motifs is 1. The number of carbonyl (C=O) groups is 1. The minimum absolute atomic E-state index is 0.0934. The normalized spacial score (nSPS) is 10.8. The van der Waals surface area contributed by atoms with E-state index in [1.165, 1.54) is 0 Å². The molecule has 146 valence electrons. The first kappa shape index (κ1) is 18.7. The highest BCUT2D eigenvalue weighted by molar-refractivity contribution is 5.94. The van der Waals surface area contributed by atoms with Crippen molar-refractivity contribution in [1.29, 1.82) is 0 Å². The zero-order valence-corrected chi connectivity index (χ0v) is 16.3. The van der Waals surface area contributed by atoms with E-state index in [1.54, 1.807) is 4.68 Å². The maximum Gasteiger partial charge on any atom is 0.242 e. The third-order valence-corrected chi connectivity index (χ3v) is 4.75. The summed E-state index contributed by atoms with van der Waals surface area (Å²) in [5.41, 5.74) is 3.82. The van der Waals surface area contributed by atoms with E-state index < -0.39 is 0 Å². The van der Waals surface area contributed by atoms with E-state index in [4.69, 9.17) is 9.84 Å². The Hall–Kier alpha value is -3.60. The second kappa shape index (κ2) is 8.61. The average Bonchev–Trinajstić information content (AvgIpc) is 3.12. The third kappa shape index (κ3) is 4.14. The van der Waals surface area contributed by atoms with Crippen LogP contribution in [0.5, 0.6) is 5.75 Å². The maximum absolute atomic E-state index is 12.6. The van der Waals surface area contributed by atoms with Crippen molar-refractivity contribution in [3.63, 3.8) is 0 Å². The molecule has 1 N–H and O–H groups in total. The number of nitrogens with zero attached hydrogens (tertiary/aromatic N) is 2. The van der Waals surface area contributed by atoms with Crippen molar-refractivity contribution in [2.24, 2.45) is 0 Å². The first-order valence-corrected chi connectivity index (χ1v) is 9.74. The van der Waals surface area contributed by atoms with E-state index in [9.17, 15) is 4.79 Å². The van der Waals surface area contributed by atoms with Gasteiger partial charge in [0, 0.05) is 23.1 Å². The van der Waals surface area contributed by atoms with E-state index in [-0.39, 0.29) is 12.5 Å². The molecule has 5 heteroatoms. The molecule has 4 rings (SSSR count). The van der Waals surface area contributed by atoms with Crippen LogP contribution in [0.3, 0.4) is 0 Å². The summed E-state index contributed by atoms with van der Waals surface area (Å²) < 4.78 is 7.39. The van der Waals surface area contributed by atoms with Gasteiger partial charge in [-0.3, -0.25) is 9.48 Å². The van der Waals surface area contributed by atoms with Gasteiger partial charge in [-0.25, -0.2) is 0 Å². The monoisotopic (exact) mass is 385 g/mol. The quantitative estimate of drug-likeness (QED) is 0.512. The molecule has 1 amide bonds. The number of hydrogen-bond acceptors (Lipinski definition) is 3. The zero-order chi connectivity index (χ0) is 20.1. The van der Waals surface area contributed by atoms with Crippen LogP contribution in [-0.4, -0.2) is 22.3 Å². The van der Waals surface area contributed by atoms with Crippen LogP contribution in [0.4, 0.5) is 0 Å². The second-order valence-corrected chi connectivity index (χ2v) is 6.71. The average molecular weight is 385 g/mol. The molecule has 29 heavy (non-hydrogen) atoms. The van der Waals surface area contributed by atoms with Crippen LogP contribution in [-0.2, 0) is 17.9 Å². The second-order valence-electron chi connectivity index (χ2n) is 6.71. The van der Waals surface area contributed by atoms with Crippen LogP contribution < -0.4 is 10.1 Å². The Balaban J connectivity index is 1.53. The van der Waals surface area contributed by atoms with Crippen LogP contribution in [0.2, 0.25) is 0 Å². The molecular formula is C24H23N3O2. The fraction of sp³-hybridized carbons (Fsp3) is 0.167. The first-order valence-electron chi connectivity index (χ1n) is 9.74. The molecule has 5 nitrogen and oxygen atoms in total. The Bertz CT molecular complexity index is 1120. The lowest BCUT2D eigenvalue weighted by atomic mass is 10.1. The molecule has 0 radical (unpaired) electrons. The summed E-state index contributed by atoms with van der Waals surface area (Å²) in [5, 5.41) is 8.75. The standard InChI is InChI=1S/C24H23N3O2/c1-2-29-22-15-9-6-12-19(22)16-25-23(28)17-27-21-14-8-7-13-20(21)24(26-27)18-10-4-3-5-11-18/h3-15H,2,16-17H2,1H3,(H,25,28). The molecule has 1 aromatic heterocycles. The van der Waals surface area contributed by atoms with Gasteiger partial charge >= 0.3 is 0 Å². The summed E-state index contributed by atoms with van der Waals surface area (Å²) >= 11 is 0. The van der Waals surface area contributed by atoms with Crippen molar-refractivity contribution in [2.75, 3.05) is 6.61 Å². The number of aromatic nitrogens is 2. The molecular weight excluding hydrogens is 362 g/mol. The minimum Gasteiger partial charge on any atom is -0.494 e. The highest BCUT2D eigenvalue weighted by atomic mass is 16.5. The lowest BCUT2D eigenvalue weighted by Gasteiger charge is -2.11. The molecule has 0 aliphatic heterocycles. The number of para-hydroxylation sites is 2. The van der Waals surface area contributed by atoms with Crippen molar-refractivity contribution >= 4 is 16.8 Å². The number of hydrogen-bond donors (Lipinski definition) is 1. The minimum atomic E-state index is -0.0934. The molecule has 0 saturated heterocycles. The van der Waals surface area contributed by atoms with E-state index in [2.05, 4.69) is 5.32 Å². The third-order valence-electron chi connectivity index (χ3n) is 4.75. The molecule has 0 aliphatic carbocycles. The van der Waals surface area contributed by atoms with Crippen molar-refractivity contribution in [2.45, 2.75) is 20.0 Å². The van der Waals surface area contributed by atoms with E-state index >= 15 is 0 Å². The first-order chi connectivity index (χ1) is 14.3. The predicted molar refractivity (Wildman–Crippen MR) is 115 cm³/mol. The van der Waals surface area contributed by atoms with Crippen molar-refractivity contribution in [3.8, 4) is 17.0 Å². The van der Waals surface area contributed by atoms with Crippen LogP contribution in [0.1, 0.15) is 12.5 Å². The SMILES string of the molecule is CCOc1ccccc1CNC(=O)Cn1nc(-c2ccccc2)c2ccccc21. The molecule has 0 fully saturated rings. The number of ether oxygens (including phenoxy) is 1. The number of carbonyl (C=O) groups excluding carboxylic acids is 1. The van der Waals surface area contributed by atoms with E-state index in [0.29, 0.717) is 13.2 Å². The number of benzene rings is 3. The van der Waals surface area contributed by atoms with Gasteiger partial charge in [-0.1, -0.05) is 66.7 Å². The number of nitrogens with one attached hydrogen (secondary N) is 1. The van der Waals surface area contributed by atoms with Gasteiger partial charge in [0.2, 0.25) is 5.91 Å². The van der Waals surface area contributed by atoms with Crippen molar-refractivity contribution in [1.82, 2.24) is 15.1 Å². The van der Waals surface area contributed by atoms with Crippen LogP contribution in [0.25, 0.3) is 22.2 Å². The van der Waals surface area contributed by atoms with Gasteiger partial charge in [-0.2, -0.15) is 5.10 Å². The summed E-state index contributed by atoms with van der Waals surface area (Å²) in [4.78, 5) is 12.6. The summed E-state index contributed by atoms with van der Waals surface area (Å²) in [6.07, 6.45) is 0. The molecule has 0 atom stereocenters. The van der Waals surface area contributed by atoms with Crippen LogP contribution in [0.15, 0.2) is 78.9 Å². The van der Waals surface area contributed by atoms with E-state index in [0.717, 1.165) is 33.5 Å². The fourth-order valence-electron chi connectivity index (χ4n) is 3.39. The molecule has 0 spiro atoms. The molecule has 0 saturated carbocycles. The van der Waals surface area contributed by atoms with Gasteiger partial charge in [0.15, 0.2) is 0 Å². The molecule has 0 bridgehead atoms. The zero-order valence-electron chi connectivity index (χ0n) is 16.3. The van der Waals surface area contributed by atoms with Gasteiger partial charge in [-0.05, 0) is 19.1 Å². The number of amides is 1. The molecule has 4 aromatic rings. The van der Waals surface area contributed by atoms with Crippen molar-refractivity contribution < 1.29 is 9.53 Å². The Kier molecular flexibility index (Phi) is 5.56. The lowest BCUT2D eigenvalue weighted by molar-refractivity contribution is -0.121. The number of rotatable bonds is 7. The van der Waals surface area contributed by atoms with Gasteiger partial charge in [0.1, 0.15) is 18.0 Å². The van der Waals surface area contributed by atoms with Gasteiger partial charge < -0.3 is 10.1 Å². The van der Waals surface area contributed by atoms with E-state index in [1.807, 2.05) is 85.8 Å². The molecule has 3 aromatic carbocycles. The summed E-state index contributed by atoms with van der Waals surface area (Å²) in [5.74, 6) is 0.704. The van der Waals surface area contributed by atoms with Crippen molar-refractivity contribution in [3.05, 3.63) is 84.4 Å². The largest absolute Gasteiger partial charge is 0.494 e.